The molecule has 7 heteroatoms. The molecule has 3 rings (SSSR count). The molecule has 1 fully saturated rings. The maximum atomic E-state index is 12.7. The third-order valence-electron chi connectivity index (χ3n) is 6.01. The van der Waals surface area contributed by atoms with Crippen molar-refractivity contribution in [2.75, 3.05) is 26.3 Å². The van der Waals surface area contributed by atoms with E-state index in [1.807, 2.05) is 42.5 Å². The number of nitrogens with one attached hydrogen (secondary N) is 1. The van der Waals surface area contributed by atoms with Crippen LogP contribution in [0.15, 0.2) is 42.5 Å². The molecule has 0 unspecified atom stereocenters. The van der Waals surface area contributed by atoms with Crippen LogP contribution in [-0.4, -0.2) is 60.1 Å². The number of hydrogen-bond acceptors (Lipinski definition) is 5. The van der Waals surface area contributed by atoms with E-state index in [4.69, 9.17) is 4.74 Å². The van der Waals surface area contributed by atoms with Gasteiger partial charge in [-0.15, -0.1) is 0 Å². The summed E-state index contributed by atoms with van der Waals surface area (Å²) in [6.45, 7) is 0.918. The van der Waals surface area contributed by atoms with Crippen molar-refractivity contribution < 1.29 is 24.2 Å². The molecule has 0 aromatic heterocycles. The van der Waals surface area contributed by atoms with Crippen LogP contribution in [0.1, 0.15) is 37.7 Å². The maximum Gasteiger partial charge on any atom is 0.309 e. The van der Waals surface area contributed by atoms with E-state index in [-0.39, 0.29) is 55.9 Å². The Morgan fingerprint density at radius 2 is 1.87 bits per heavy atom. The lowest BCUT2D eigenvalue weighted by Gasteiger charge is -2.25. The molecule has 0 spiro atoms. The summed E-state index contributed by atoms with van der Waals surface area (Å²) in [5, 5.41) is 12.3. The van der Waals surface area contributed by atoms with Crippen molar-refractivity contribution in [2.24, 2.45) is 11.8 Å². The molecule has 2 aliphatic rings. The fraction of sp³-hybridized carbons (Fsp3) is 0.542. The Kier molecular flexibility index (Phi) is 8.64. The number of aliphatic hydroxyl groups is 1. The lowest BCUT2D eigenvalue weighted by Crippen LogP contribution is -2.41. The molecule has 31 heavy (non-hydrogen) atoms. The van der Waals surface area contributed by atoms with Gasteiger partial charge in [-0.3, -0.25) is 14.4 Å². The maximum absolute atomic E-state index is 12.7. The van der Waals surface area contributed by atoms with Gasteiger partial charge in [-0.2, -0.15) is 0 Å². The van der Waals surface area contributed by atoms with Gasteiger partial charge in [0.15, 0.2) is 0 Å². The number of esters is 1. The molecule has 168 valence electrons. The summed E-state index contributed by atoms with van der Waals surface area (Å²) in [5.74, 6) is -1.34. The fourth-order valence-corrected chi connectivity index (χ4v) is 4.24. The van der Waals surface area contributed by atoms with Gasteiger partial charge < -0.3 is 20.1 Å². The van der Waals surface area contributed by atoms with Crippen molar-refractivity contribution in [3.63, 3.8) is 0 Å². The Hall–Kier alpha value is -2.67. The van der Waals surface area contributed by atoms with E-state index in [2.05, 4.69) is 5.32 Å². The molecule has 0 saturated carbocycles. The van der Waals surface area contributed by atoms with E-state index in [9.17, 15) is 19.5 Å². The minimum Gasteiger partial charge on any atom is -0.464 e. The summed E-state index contributed by atoms with van der Waals surface area (Å²) in [6.07, 6.45) is 7.13. The van der Waals surface area contributed by atoms with Gasteiger partial charge in [0.25, 0.3) is 0 Å². The zero-order valence-electron chi connectivity index (χ0n) is 17.9. The molecule has 2 aliphatic heterocycles. The number of aliphatic hydroxyl groups excluding tert-OH is 1. The number of nitrogens with zero attached hydrogens (tertiary/aromatic N) is 1. The van der Waals surface area contributed by atoms with E-state index in [1.165, 1.54) is 0 Å². The van der Waals surface area contributed by atoms with Crippen molar-refractivity contribution in [3.8, 4) is 0 Å². The van der Waals surface area contributed by atoms with E-state index >= 15 is 0 Å². The highest BCUT2D eigenvalue weighted by Crippen LogP contribution is 2.22. The Labute approximate surface area is 183 Å². The van der Waals surface area contributed by atoms with Crippen LogP contribution >= 0.6 is 0 Å². The van der Waals surface area contributed by atoms with Crippen LogP contribution in [0.2, 0.25) is 0 Å². The van der Waals surface area contributed by atoms with Crippen LogP contribution in [0.25, 0.3) is 0 Å². The second kappa shape index (κ2) is 11.6. The zero-order valence-corrected chi connectivity index (χ0v) is 17.9. The summed E-state index contributed by atoms with van der Waals surface area (Å²) in [4.78, 5) is 39.5. The molecule has 0 aliphatic carbocycles. The van der Waals surface area contributed by atoms with Gasteiger partial charge in [-0.25, -0.2) is 0 Å². The van der Waals surface area contributed by atoms with Crippen molar-refractivity contribution in [1.82, 2.24) is 10.2 Å². The number of benzene rings is 1. The van der Waals surface area contributed by atoms with Crippen LogP contribution in [-0.2, 0) is 25.5 Å². The molecule has 2 amide bonds. The molecule has 1 saturated heterocycles. The molecular weight excluding hydrogens is 396 g/mol. The first-order valence-electron chi connectivity index (χ1n) is 11.1. The average Bonchev–Trinajstić information content (AvgIpc) is 3.26. The number of ether oxygens (including phenoxy) is 1. The summed E-state index contributed by atoms with van der Waals surface area (Å²) in [6, 6.07) is 9.68. The van der Waals surface area contributed by atoms with E-state index in [1.54, 1.807) is 4.90 Å². The minimum absolute atomic E-state index is 0.0450. The first-order chi connectivity index (χ1) is 15.1. The van der Waals surface area contributed by atoms with Crippen molar-refractivity contribution >= 4 is 17.8 Å². The highest BCUT2D eigenvalue weighted by Gasteiger charge is 2.31. The number of rotatable bonds is 5. The molecular formula is C24H32N2O5. The number of allylic oxidation sites excluding steroid dienone is 2. The number of carbonyl (C=O) groups is 3. The highest BCUT2D eigenvalue weighted by atomic mass is 16.5. The Morgan fingerprint density at radius 1 is 1.13 bits per heavy atom. The SMILES string of the molecule is O=C1NCCOC(=O)[C@@H](Cc2ccccc2)CC=CC[C@@H]1CC(=O)N1CCC[C@H]1CO. The Morgan fingerprint density at radius 3 is 2.61 bits per heavy atom. The van der Waals surface area contributed by atoms with Gasteiger partial charge in [-0.1, -0.05) is 42.5 Å². The monoisotopic (exact) mass is 428 g/mol. The summed E-state index contributed by atoms with van der Waals surface area (Å²) in [7, 11) is 0. The third-order valence-corrected chi connectivity index (χ3v) is 6.01. The van der Waals surface area contributed by atoms with E-state index in [0.29, 0.717) is 25.8 Å². The minimum atomic E-state index is -0.480. The second-order valence-corrected chi connectivity index (χ2v) is 8.25. The first kappa shape index (κ1) is 23.0. The molecule has 2 heterocycles. The van der Waals surface area contributed by atoms with Gasteiger partial charge in [0.2, 0.25) is 11.8 Å². The van der Waals surface area contributed by atoms with Crippen LogP contribution in [0, 0.1) is 11.8 Å². The van der Waals surface area contributed by atoms with Crippen LogP contribution in [0.4, 0.5) is 0 Å². The lowest BCUT2D eigenvalue weighted by atomic mass is 9.94. The lowest BCUT2D eigenvalue weighted by molar-refractivity contribution is -0.148. The number of likely N-dealkylation sites (tertiary alicyclic amines) is 1. The Bertz CT molecular complexity index is 779. The molecule has 1 aromatic carbocycles. The smallest absolute Gasteiger partial charge is 0.309 e. The number of hydrogen-bond donors (Lipinski definition) is 2. The number of cyclic esters (lactones) is 1. The largest absolute Gasteiger partial charge is 0.464 e. The Balaban J connectivity index is 1.64. The fourth-order valence-electron chi connectivity index (χ4n) is 4.24. The van der Waals surface area contributed by atoms with Crippen LogP contribution in [0.3, 0.4) is 0 Å². The molecule has 2 N–H and O–H groups in total. The second-order valence-electron chi connectivity index (χ2n) is 8.25. The van der Waals surface area contributed by atoms with Gasteiger partial charge in [0, 0.05) is 13.0 Å². The quantitative estimate of drug-likeness (QED) is 0.551. The van der Waals surface area contributed by atoms with E-state index in [0.717, 1.165) is 18.4 Å². The summed E-state index contributed by atoms with van der Waals surface area (Å²) >= 11 is 0. The predicted molar refractivity (Wildman–Crippen MR) is 116 cm³/mol. The van der Waals surface area contributed by atoms with Gasteiger partial charge in [0.1, 0.15) is 6.61 Å². The zero-order chi connectivity index (χ0) is 22.1. The molecule has 3 atom stereocenters. The first-order valence-corrected chi connectivity index (χ1v) is 11.1. The summed E-state index contributed by atoms with van der Waals surface area (Å²) < 4.78 is 5.38. The summed E-state index contributed by atoms with van der Waals surface area (Å²) in [5.41, 5.74) is 1.07. The molecule has 0 radical (unpaired) electrons. The topological polar surface area (TPSA) is 95.9 Å². The van der Waals surface area contributed by atoms with Crippen LogP contribution < -0.4 is 5.32 Å². The third kappa shape index (κ3) is 6.66. The standard InChI is InChI=1S/C24H32N2O5/c27-17-21-11-6-13-26(21)22(28)16-19-9-4-5-10-20(15-18-7-2-1-3-8-18)24(30)31-14-12-25-23(19)29/h1-5,7-8,19-21,27H,6,9-17H2,(H,25,29)/t19-,20-,21+/m1/s1. The van der Waals surface area contributed by atoms with Gasteiger partial charge in [0.05, 0.1) is 31.0 Å². The normalized spacial score (nSPS) is 25.3. The predicted octanol–water partition coefficient (Wildman–Crippen LogP) is 1.84. The van der Waals surface area contributed by atoms with E-state index < -0.39 is 5.92 Å². The molecule has 7 nitrogen and oxygen atoms in total. The van der Waals surface area contributed by atoms with Crippen molar-refractivity contribution in [3.05, 3.63) is 48.0 Å². The number of carbonyl (C=O) groups excluding carboxylic acids is 3. The van der Waals surface area contributed by atoms with Crippen molar-refractivity contribution in [1.29, 1.82) is 0 Å². The molecule has 0 bridgehead atoms. The van der Waals surface area contributed by atoms with Gasteiger partial charge >= 0.3 is 5.97 Å². The van der Waals surface area contributed by atoms with Crippen LogP contribution in [0.5, 0.6) is 0 Å². The molecule has 1 aromatic rings. The van der Waals surface area contributed by atoms with Crippen molar-refractivity contribution in [2.45, 2.75) is 44.6 Å². The van der Waals surface area contributed by atoms with Gasteiger partial charge in [-0.05, 0) is 37.7 Å². The highest BCUT2D eigenvalue weighted by molar-refractivity contribution is 5.86. The number of amides is 2. The average molecular weight is 429 g/mol.